The third-order valence-corrected chi connectivity index (χ3v) is 2.82. The quantitative estimate of drug-likeness (QED) is 0.822. The minimum Gasteiger partial charge on any atom is -0.378 e. The molecule has 0 saturated heterocycles. The number of hydrogen-bond donors (Lipinski definition) is 2. The number of carbonyl (C=O) groups excluding carboxylic acids is 1. The van der Waals surface area contributed by atoms with Crippen LogP contribution >= 0.6 is 0 Å². The average molecular weight is 274 g/mol. The Balaban J connectivity index is 2.03. The Hall–Kier alpha value is -2.44. The van der Waals surface area contributed by atoms with Crippen LogP contribution in [-0.4, -0.2) is 32.2 Å². The highest BCUT2D eigenvalue weighted by atomic mass is 16.1. The summed E-state index contributed by atoms with van der Waals surface area (Å²) >= 11 is 0. The van der Waals surface area contributed by atoms with Gasteiger partial charge in [-0.3, -0.25) is 9.78 Å². The summed E-state index contributed by atoms with van der Waals surface area (Å²) in [6.45, 7) is 5.86. The van der Waals surface area contributed by atoms with Crippen molar-refractivity contribution in [3.8, 4) is 0 Å². The minimum absolute atomic E-state index is 0.173. The van der Waals surface area contributed by atoms with Crippen LogP contribution in [0.4, 0.5) is 5.69 Å². The Morgan fingerprint density at radius 3 is 3.00 bits per heavy atom. The Kier molecular flexibility index (Phi) is 4.65. The lowest BCUT2D eigenvalue weighted by atomic mass is 10.3. The number of carbonyl (C=O) groups is 1. The van der Waals surface area contributed by atoms with Gasteiger partial charge in [0.15, 0.2) is 5.82 Å². The largest absolute Gasteiger partial charge is 0.378 e. The number of aromatic nitrogens is 4. The zero-order valence-corrected chi connectivity index (χ0v) is 11.6. The average Bonchev–Trinajstić information content (AvgIpc) is 2.93. The monoisotopic (exact) mass is 274 g/mol. The van der Waals surface area contributed by atoms with E-state index in [1.807, 2.05) is 24.5 Å². The van der Waals surface area contributed by atoms with Crippen molar-refractivity contribution in [2.75, 3.05) is 11.9 Å². The van der Waals surface area contributed by atoms with Gasteiger partial charge in [-0.05, 0) is 26.0 Å². The van der Waals surface area contributed by atoms with Crippen LogP contribution in [0.3, 0.4) is 0 Å². The van der Waals surface area contributed by atoms with Crippen molar-refractivity contribution in [3.05, 3.63) is 36.2 Å². The predicted octanol–water partition coefficient (Wildman–Crippen LogP) is 1.05. The van der Waals surface area contributed by atoms with Gasteiger partial charge in [0, 0.05) is 25.0 Å². The van der Waals surface area contributed by atoms with Gasteiger partial charge in [-0.1, -0.05) is 0 Å². The van der Waals surface area contributed by atoms with Crippen LogP contribution in [0.25, 0.3) is 0 Å². The molecule has 0 atom stereocenters. The Labute approximate surface area is 117 Å². The normalized spacial score (nSPS) is 10.3. The zero-order valence-electron chi connectivity index (χ0n) is 11.6. The second-order valence-electron chi connectivity index (χ2n) is 4.18. The first-order chi connectivity index (χ1) is 9.74. The standard InChI is InChI=1S/C13H18N6O/c1-3-14-13(20)11-7-10(5-6-15-11)16-8-12-18-17-9-19(12)4-2/h5-7,9H,3-4,8H2,1-2H3,(H,14,20)(H,15,16). The fraction of sp³-hybridized carbons (Fsp3) is 0.385. The molecule has 0 aliphatic carbocycles. The maximum absolute atomic E-state index is 11.7. The molecule has 0 aromatic carbocycles. The highest BCUT2D eigenvalue weighted by molar-refractivity contribution is 5.93. The molecule has 0 fully saturated rings. The summed E-state index contributed by atoms with van der Waals surface area (Å²) in [5.41, 5.74) is 1.22. The van der Waals surface area contributed by atoms with E-state index in [0.717, 1.165) is 18.1 Å². The van der Waals surface area contributed by atoms with Crippen LogP contribution in [0.5, 0.6) is 0 Å². The van der Waals surface area contributed by atoms with E-state index in [2.05, 4.69) is 25.8 Å². The Morgan fingerprint density at radius 2 is 2.25 bits per heavy atom. The van der Waals surface area contributed by atoms with Crippen LogP contribution in [0.2, 0.25) is 0 Å². The van der Waals surface area contributed by atoms with E-state index < -0.39 is 0 Å². The van der Waals surface area contributed by atoms with Gasteiger partial charge in [-0.25, -0.2) is 0 Å². The maximum Gasteiger partial charge on any atom is 0.269 e. The second kappa shape index (κ2) is 6.65. The molecule has 0 saturated carbocycles. The molecule has 0 aliphatic rings. The van der Waals surface area contributed by atoms with Crippen LogP contribution < -0.4 is 10.6 Å². The molecule has 2 aromatic rings. The molecule has 106 valence electrons. The van der Waals surface area contributed by atoms with Crippen molar-refractivity contribution in [2.24, 2.45) is 0 Å². The third kappa shape index (κ3) is 3.31. The highest BCUT2D eigenvalue weighted by Gasteiger charge is 2.07. The molecule has 7 heteroatoms. The summed E-state index contributed by atoms with van der Waals surface area (Å²) < 4.78 is 1.96. The minimum atomic E-state index is -0.173. The molecule has 0 radical (unpaired) electrons. The fourth-order valence-electron chi connectivity index (χ4n) is 1.78. The number of nitrogens with zero attached hydrogens (tertiary/aromatic N) is 4. The van der Waals surface area contributed by atoms with Gasteiger partial charge in [-0.15, -0.1) is 10.2 Å². The fourth-order valence-corrected chi connectivity index (χ4v) is 1.78. The molecule has 0 bridgehead atoms. The summed E-state index contributed by atoms with van der Waals surface area (Å²) in [5.74, 6) is 0.678. The van der Waals surface area contributed by atoms with Crippen LogP contribution in [0.1, 0.15) is 30.2 Å². The number of amides is 1. The number of nitrogens with one attached hydrogen (secondary N) is 2. The maximum atomic E-state index is 11.7. The first kappa shape index (κ1) is 14.0. The number of hydrogen-bond acceptors (Lipinski definition) is 5. The molecule has 2 heterocycles. The van der Waals surface area contributed by atoms with Crippen molar-refractivity contribution < 1.29 is 4.79 Å². The van der Waals surface area contributed by atoms with Crippen molar-refractivity contribution in [1.82, 2.24) is 25.1 Å². The van der Waals surface area contributed by atoms with Gasteiger partial charge in [0.05, 0.1) is 6.54 Å². The molecular formula is C13H18N6O. The van der Waals surface area contributed by atoms with Crippen molar-refractivity contribution in [1.29, 1.82) is 0 Å². The van der Waals surface area contributed by atoms with E-state index in [4.69, 9.17) is 0 Å². The smallest absolute Gasteiger partial charge is 0.269 e. The number of rotatable bonds is 6. The van der Waals surface area contributed by atoms with Gasteiger partial charge >= 0.3 is 0 Å². The van der Waals surface area contributed by atoms with Gasteiger partial charge in [0.1, 0.15) is 12.0 Å². The molecule has 2 aromatic heterocycles. The lowest BCUT2D eigenvalue weighted by Crippen LogP contribution is -2.23. The summed E-state index contributed by atoms with van der Waals surface area (Å²) in [6, 6.07) is 3.53. The molecular weight excluding hydrogens is 256 g/mol. The van der Waals surface area contributed by atoms with Crippen molar-refractivity contribution in [3.63, 3.8) is 0 Å². The zero-order chi connectivity index (χ0) is 14.4. The molecule has 0 unspecified atom stereocenters. The lowest BCUT2D eigenvalue weighted by Gasteiger charge is -2.08. The summed E-state index contributed by atoms with van der Waals surface area (Å²) in [6.07, 6.45) is 3.31. The molecule has 0 spiro atoms. The number of pyridine rings is 1. The van der Waals surface area contributed by atoms with Crippen LogP contribution in [0.15, 0.2) is 24.7 Å². The molecule has 0 aliphatic heterocycles. The van der Waals surface area contributed by atoms with Gasteiger partial charge < -0.3 is 15.2 Å². The summed E-state index contributed by atoms with van der Waals surface area (Å²) in [5, 5.41) is 13.9. The second-order valence-corrected chi connectivity index (χ2v) is 4.18. The lowest BCUT2D eigenvalue weighted by molar-refractivity contribution is 0.0951. The summed E-state index contributed by atoms with van der Waals surface area (Å²) in [4.78, 5) is 15.8. The molecule has 7 nitrogen and oxygen atoms in total. The Morgan fingerprint density at radius 1 is 1.40 bits per heavy atom. The van der Waals surface area contributed by atoms with Crippen molar-refractivity contribution >= 4 is 11.6 Å². The van der Waals surface area contributed by atoms with Gasteiger partial charge in [0.25, 0.3) is 5.91 Å². The van der Waals surface area contributed by atoms with E-state index in [1.54, 1.807) is 18.6 Å². The van der Waals surface area contributed by atoms with Crippen LogP contribution in [-0.2, 0) is 13.1 Å². The number of anilines is 1. The molecule has 20 heavy (non-hydrogen) atoms. The summed E-state index contributed by atoms with van der Waals surface area (Å²) in [7, 11) is 0. The van der Waals surface area contributed by atoms with Gasteiger partial charge in [-0.2, -0.15) is 0 Å². The number of aryl methyl sites for hydroxylation is 1. The topological polar surface area (TPSA) is 84.7 Å². The van der Waals surface area contributed by atoms with E-state index in [-0.39, 0.29) is 5.91 Å². The van der Waals surface area contributed by atoms with E-state index in [1.165, 1.54) is 0 Å². The van der Waals surface area contributed by atoms with Crippen molar-refractivity contribution in [2.45, 2.75) is 26.9 Å². The first-order valence-electron chi connectivity index (χ1n) is 6.59. The molecule has 2 rings (SSSR count). The highest BCUT2D eigenvalue weighted by Crippen LogP contribution is 2.09. The first-order valence-corrected chi connectivity index (χ1v) is 6.59. The van der Waals surface area contributed by atoms with Crippen LogP contribution in [0, 0.1) is 0 Å². The van der Waals surface area contributed by atoms with E-state index >= 15 is 0 Å². The Bertz CT molecular complexity index is 580. The van der Waals surface area contributed by atoms with Gasteiger partial charge in [0.2, 0.25) is 0 Å². The predicted molar refractivity (Wildman–Crippen MR) is 75.3 cm³/mol. The van der Waals surface area contributed by atoms with E-state index in [9.17, 15) is 4.79 Å². The molecule has 1 amide bonds. The SMILES string of the molecule is CCNC(=O)c1cc(NCc2nncn2CC)ccn1. The third-order valence-electron chi connectivity index (χ3n) is 2.82. The van der Waals surface area contributed by atoms with E-state index in [0.29, 0.717) is 18.8 Å². The molecule has 2 N–H and O–H groups in total.